The van der Waals surface area contributed by atoms with Crippen LogP contribution in [0.2, 0.25) is 0 Å². The molecule has 3 rings (SSSR count). The molecule has 1 fully saturated rings. The molecule has 0 radical (unpaired) electrons. The first kappa shape index (κ1) is 9.12. The largest absolute Gasteiger partial charge is 0.485 e. The van der Waals surface area contributed by atoms with Gasteiger partial charge >= 0.3 is 0 Å². The van der Waals surface area contributed by atoms with Crippen molar-refractivity contribution in [3.63, 3.8) is 0 Å². The maximum atomic E-state index is 5.92. The van der Waals surface area contributed by atoms with Crippen molar-refractivity contribution in [3.8, 4) is 5.75 Å². The summed E-state index contributed by atoms with van der Waals surface area (Å²) in [5, 5.41) is 3.28. The van der Waals surface area contributed by atoms with E-state index in [-0.39, 0.29) is 6.10 Å². The summed E-state index contributed by atoms with van der Waals surface area (Å²) in [5.74, 6) is 0.909. The Morgan fingerprint density at radius 2 is 2.47 bits per heavy atom. The number of nitrogens with zero attached hydrogens (tertiary/aromatic N) is 1. The van der Waals surface area contributed by atoms with Gasteiger partial charge in [0.15, 0.2) is 0 Å². The summed E-state index contributed by atoms with van der Waals surface area (Å²) >= 11 is 1.65. The van der Waals surface area contributed by atoms with E-state index in [0.29, 0.717) is 6.04 Å². The fraction of sp³-hybridized carbons (Fsp3) is 0.364. The lowest BCUT2D eigenvalue weighted by molar-refractivity contribution is 0.0953. The van der Waals surface area contributed by atoms with Crippen molar-refractivity contribution in [2.75, 3.05) is 6.54 Å². The predicted octanol–water partition coefficient (Wildman–Crippen LogP) is 2.04. The van der Waals surface area contributed by atoms with E-state index in [1.54, 1.807) is 11.3 Å². The second-order valence-corrected chi connectivity index (χ2v) is 4.69. The number of thiazole rings is 1. The highest BCUT2D eigenvalue weighted by molar-refractivity contribution is 7.16. The molecule has 78 valence electrons. The molecule has 2 aromatic rings. The first-order chi connectivity index (χ1) is 7.34. The zero-order valence-electron chi connectivity index (χ0n) is 8.43. The number of fused-ring (bicyclic) bond motifs is 1. The van der Waals surface area contributed by atoms with Crippen LogP contribution in [0.15, 0.2) is 23.7 Å². The van der Waals surface area contributed by atoms with Crippen LogP contribution in [0.4, 0.5) is 0 Å². The molecule has 0 amide bonds. The van der Waals surface area contributed by atoms with Crippen LogP contribution in [0.1, 0.15) is 6.92 Å². The predicted molar refractivity (Wildman–Crippen MR) is 61.5 cm³/mol. The van der Waals surface area contributed by atoms with Crippen molar-refractivity contribution >= 4 is 21.6 Å². The topological polar surface area (TPSA) is 34.1 Å². The molecule has 0 saturated carbocycles. The van der Waals surface area contributed by atoms with Gasteiger partial charge in [0.2, 0.25) is 0 Å². The summed E-state index contributed by atoms with van der Waals surface area (Å²) in [6.07, 6.45) is 0.289. The van der Waals surface area contributed by atoms with Gasteiger partial charge in [-0.3, -0.25) is 0 Å². The van der Waals surface area contributed by atoms with E-state index in [0.717, 1.165) is 17.8 Å². The van der Waals surface area contributed by atoms with Crippen LogP contribution in [0.25, 0.3) is 10.2 Å². The zero-order valence-corrected chi connectivity index (χ0v) is 9.25. The molecule has 1 aromatic heterocycles. The van der Waals surface area contributed by atoms with Gasteiger partial charge in [-0.05, 0) is 19.1 Å². The zero-order chi connectivity index (χ0) is 10.3. The Hall–Kier alpha value is -1.13. The minimum Gasteiger partial charge on any atom is -0.485 e. The Kier molecular flexibility index (Phi) is 2.11. The van der Waals surface area contributed by atoms with Crippen molar-refractivity contribution < 1.29 is 4.74 Å². The molecule has 1 aliphatic heterocycles. The number of nitrogens with one attached hydrogen (secondary N) is 1. The van der Waals surface area contributed by atoms with E-state index >= 15 is 0 Å². The van der Waals surface area contributed by atoms with Gasteiger partial charge in [0.05, 0.1) is 10.2 Å². The van der Waals surface area contributed by atoms with Gasteiger partial charge in [-0.15, -0.1) is 11.3 Å². The standard InChI is InChI=1S/C11H12N2OS/c1-7-9(5-12-7)14-8-3-2-4-10-11(8)13-6-15-10/h2-4,6-7,9,12H,5H2,1H3/t7-,9-/m0/s1. The second kappa shape index (κ2) is 3.47. The maximum Gasteiger partial charge on any atom is 0.146 e. The molecule has 0 spiro atoms. The maximum absolute atomic E-state index is 5.92. The van der Waals surface area contributed by atoms with Crippen molar-refractivity contribution in [2.45, 2.75) is 19.1 Å². The van der Waals surface area contributed by atoms with Crippen LogP contribution in [0, 0.1) is 0 Å². The fourth-order valence-corrected chi connectivity index (χ4v) is 2.41. The summed E-state index contributed by atoms with van der Waals surface area (Å²) in [6.45, 7) is 3.07. The lowest BCUT2D eigenvalue weighted by Gasteiger charge is -2.35. The summed E-state index contributed by atoms with van der Waals surface area (Å²) in [7, 11) is 0. The minimum absolute atomic E-state index is 0.289. The highest BCUT2D eigenvalue weighted by Crippen LogP contribution is 2.28. The molecule has 1 aliphatic rings. The fourth-order valence-electron chi connectivity index (χ4n) is 1.71. The number of hydrogen-bond acceptors (Lipinski definition) is 4. The summed E-state index contributed by atoms with van der Waals surface area (Å²) in [5.41, 5.74) is 2.85. The molecule has 3 nitrogen and oxygen atoms in total. The summed E-state index contributed by atoms with van der Waals surface area (Å²) in [4.78, 5) is 4.33. The van der Waals surface area contributed by atoms with Gasteiger partial charge in [0.25, 0.3) is 0 Å². The van der Waals surface area contributed by atoms with Crippen LogP contribution in [0.3, 0.4) is 0 Å². The molecular formula is C11H12N2OS. The van der Waals surface area contributed by atoms with E-state index in [1.165, 1.54) is 4.70 Å². The third-order valence-electron chi connectivity index (χ3n) is 2.80. The molecule has 2 atom stereocenters. The quantitative estimate of drug-likeness (QED) is 0.841. The van der Waals surface area contributed by atoms with Crippen LogP contribution in [-0.4, -0.2) is 23.7 Å². The number of aromatic nitrogens is 1. The van der Waals surface area contributed by atoms with Crippen molar-refractivity contribution in [1.82, 2.24) is 10.3 Å². The van der Waals surface area contributed by atoms with E-state index in [2.05, 4.69) is 23.3 Å². The van der Waals surface area contributed by atoms with Gasteiger partial charge in [-0.2, -0.15) is 0 Å². The molecule has 1 aromatic carbocycles. The van der Waals surface area contributed by atoms with Crippen LogP contribution >= 0.6 is 11.3 Å². The van der Waals surface area contributed by atoms with Gasteiger partial charge in [-0.25, -0.2) is 4.98 Å². The van der Waals surface area contributed by atoms with Gasteiger partial charge in [0, 0.05) is 12.6 Å². The lowest BCUT2D eigenvalue weighted by atomic mass is 10.1. The van der Waals surface area contributed by atoms with E-state index in [4.69, 9.17) is 4.74 Å². The smallest absolute Gasteiger partial charge is 0.146 e. The first-order valence-corrected chi connectivity index (χ1v) is 5.95. The van der Waals surface area contributed by atoms with Gasteiger partial charge in [0.1, 0.15) is 17.4 Å². The third-order valence-corrected chi connectivity index (χ3v) is 3.59. The highest BCUT2D eigenvalue weighted by Gasteiger charge is 2.28. The summed E-state index contributed by atoms with van der Waals surface area (Å²) in [6, 6.07) is 6.53. The minimum atomic E-state index is 0.289. The molecule has 2 heterocycles. The van der Waals surface area contributed by atoms with Crippen LogP contribution < -0.4 is 10.1 Å². The first-order valence-electron chi connectivity index (χ1n) is 5.07. The second-order valence-electron chi connectivity index (χ2n) is 3.81. The average Bonchev–Trinajstić information content (AvgIpc) is 2.72. The molecule has 0 aliphatic carbocycles. The van der Waals surface area contributed by atoms with E-state index < -0.39 is 0 Å². The number of benzene rings is 1. The molecule has 1 N–H and O–H groups in total. The van der Waals surface area contributed by atoms with E-state index in [9.17, 15) is 0 Å². The van der Waals surface area contributed by atoms with E-state index in [1.807, 2.05) is 17.6 Å². The molecule has 0 unspecified atom stereocenters. The molecule has 4 heteroatoms. The Bertz CT molecular complexity index is 482. The van der Waals surface area contributed by atoms with Gasteiger partial charge < -0.3 is 10.1 Å². The van der Waals surface area contributed by atoms with Gasteiger partial charge in [-0.1, -0.05) is 6.07 Å². The number of rotatable bonds is 2. The number of para-hydroxylation sites is 1. The average molecular weight is 220 g/mol. The Labute approximate surface area is 92.1 Å². The van der Waals surface area contributed by atoms with Crippen molar-refractivity contribution in [3.05, 3.63) is 23.7 Å². The van der Waals surface area contributed by atoms with Crippen molar-refractivity contribution in [1.29, 1.82) is 0 Å². The molecule has 0 bridgehead atoms. The van der Waals surface area contributed by atoms with Crippen LogP contribution in [-0.2, 0) is 0 Å². The SMILES string of the molecule is C[C@@H]1NC[C@@H]1Oc1cccc2scnc12. The third kappa shape index (κ3) is 1.50. The summed E-state index contributed by atoms with van der Waals surface area (Å²) < 4.78 is 7.10. The van der Waals surface area contributed by atoms with Crippen LogP contribution in [0.5, 0.6) is 5.75 Å². The normalized spacial score (nSPS) is 25.1. The monoisotopic (exact) mass is 220 g/mol. The Morgan fingerprint density at radius 1 is 1.53 bits per heavy atom. The number of hydrogen-bond donors (Lipinski definition) is 1. The lowest BCUT2D eigenvalue weighted by Crippen LogP contribution is -2.58. The molecular weight excluding hydrogens is 208 g/mol. The Balaban J connectivity index is 1.93. The molecule has 1 saturated heterocycles. The number of ether oxygens (including phenoxy) is 1. The van der Waals surface area contributed by atoms with Crippen molar-refractivity contribution in [2.24, 2.45) is 0 Å². The Morgan fingerprint density at radius 3 is 3.20 bits per heavy atom. The highest BCUT2D eigenvalue weighted by atomic mass is 32.1. The molecule has 15 heavy (non-hydrogen) atoms.